The Labute approximate surface area is 206 Å². The van der Waals surface area contributed by atoms with Crippen molar-refractivity contribution in [3.63, 3.8) is 0 Å². The molecule has 2 saturated heterocycles. The Balaban J connectivity index is 1.52. The van der Waals surface area contributed by atoms with E-state index in [0.717, 1.165) is 66.4 Å². The maximum Gasteiger partial charge on any atom is 0.254 e. The van der Waals surface area contributed by atoms with E-state index in [0.29, 0.717) is 31.9 Å². The van der Waals surface area contributed by atoms with Gasteiger partial charge < -0.3 is 23.8 Å². The van der Waals surface area contributed by atoms with Crippen molar-refractivity contribution in [3.8, 4) is 11.3 Å². The van der Waals surface area contributed by atoms with E-state index in [-0.39, 0.29) is 12.0 Å². The molecule has 2 aliphatic rings. The zero-order valence-electron chi connectivity index (χ0n) is 20.5. The van der Waals surface area contributed by atoms with E-state index in [1.165, 1.54) is 0 Å². The summed E-state index contributed by atoms with van der Waals surface area (Å²) < 4.78 is 17.4. The Morgan fingerprint density at radius 3 is 2.57 bits per heavy atom. The average Bonchev–Trinajstić information content (AvgIpc) is 3.54. The zero-order valence-corrected chi connectivity index (χ0v) is 20.5. The summed E-state index contributed by atoms with van der Waals surface area (Å²) in [7, 11) is 0. The van der Waals surface area contributed by atoms with Crippen LogP contribution in [0.5, 0.6) is 0 Å². The van der Waals surface area contributed by atoms with Gasteiger partial charge in [-0.25, -0.2) is 0 Å². The second-order valence-corrected chi connectivity index (χ2v) is 9.47. The lowest BCUT2D eigenvalue weighted by Crippen LogP contribution is -2.39. The molecule has 0 unspecified atom stereocenters. The van der Waals surface area contributed by atoms with Gasteiger partial charge in [0.1, 0.15) is 5.69 Å². The summed E-state index contributed by atoms with van der Waals surface area (Å²) in [6.07, 6.45) is 2.03. The summed E-state index contributed by atoms with van der Waals surface area (Å²) in [4.78, 5) is 17.8. The molecule has 2 aromatic carbocycles. The van der Waals surface area contributed by atoms with Crippen LogP contribution in [0.4, 0.5) is 5.88 Å². The number of ether oxygens (including phenoxy) is 2. The summed E-state index contributed by atoms with van der Waals surface area (Å²) >= 11 is 0. The van der Waals surface area contributed by atoms with E-state index < -0.39 is 0 Å². The molecule has 0 N–H and O–H groups in total. The molecular formula is C28H33N3O4. The first-order valence-corrected chi connectivity index (χ1v) is 12.4. The molecule has 2 fully saturated rings. The molecule has 184 valence electrons. The standard InChI is InChI=1S/C28H33N3O4/c1-20-8-10-22(11-9-20)27(32)31(18-24-7-4-14-34-24)19-25-26(23-6-3-5-21(2)17-23)29-35-28(25)30-12-15-33-16-13-30/h3,5-6,8-11,17,24H,4,7,12-16,18-19H2,1-2H3/t24-/m0/s1. The summed E-state index contributed by atoms with van der Waals surface area (Å²) in [6, 6.07) is 16.0. The fourth-order valence-electron chi connectivity index (χ4n) is 4.80. The van der Waals surface area contributed by atoms with Crippen LogP contribution in [0.25, 0.3) is 11.3 Å². The smallest absolute Gasteiger partial charge is 0.254 e. The maximum absolute atomic E-state index is 13.7. The van der Waals surface area contributed by atoms with Gasteiger partial charge in [0.05, 0.1) is 31.4 Å². The van der Waals surface area contributed by atoms with Gasteiger partial charge in [0.25, 0.3) is 5.91 Å². The second-order valence-electron chi connectivity index (χ2n) is 9.47. The largest absolute Gasteiger partial charge is 0.378 e. The van der Waals surface area contributed by atoms with Crippen molar-refractivity contribution in [1.29, 1.82) is 0 Å². The van der Waals surface area contributed by atoms with Crippen LogP contribution in [-0.4, -0.2) is 61.5 Å². The van der Waals surface area contributed by atoms with Gasteiger partial charge in [0.2, 0.25) is 5.88 Å². The number of carbonyl (C=O) groups excluding carboxylic acids is 1. The molecule has 0 spiro atoms. The highest BCUT2D eigenvalue weighted by atomic mass is 16.5. The van der Waals surface area contributed by atoms with Crippen LogP contribution in [0, 0.1) is 13.8 Å². The van der Waals surface area contributed by atoms with E-state index in [1.807, 2.05) is 48.2 Å². The van der Waals surface area contributed by atoms with Crippen molar-refractivity contribution in [3.05, 3.63) is 70.8 Å². The molecule has 3 heterocycles. The minimum absolute atomic E-state index is 0.00943. The van der Waals surface area contributed by atoms with Crippen LogP contribution in [-0.2, 0) is 16.0 Å². The number of rotatable bonds is 7. The van der Waals surface area contributed by atoms with Gasteiger partial charge in [-0.2, -0.15) is 0 Å². The number of morpholine rings is 1. The topological polar surface area (TPSA) is 68.0 Å². The Hall–Kier alpha value is -3.16. The lowest BCUT2D eigenvalue weighted by atomic mass is 10.0. The first-order valence-electron chi connectivity index (χ1n) is 12.4. The molecule has 3 aromatic rings. The van der Waals surface area contributed by atoms with E-state index in [2.05, 4.69) is 29.1 Å². The van der Waals surface area contributed by atoms with Crippen LogP contribution in [0.3, 0.4) is 0 Å². The Kier molecular flexibility index (Phi) is 7.16. The van der Waals surface area contributed by atoms with E-state index >= 15 is 0 Å². The molecule has 2 aliphatic heterocycles. The number of anilines is 1. The lowest BCUT2D eigenvalue weighted by Gasteiger charge is -2.29. The Morgan fingerprint density at radius 1 is 1.06 bits per heavy atom. The van der Waals surface area contributed by atoms with Crippen molar-refractivity contribution < 1.29 is 18.8 Å². The first-order chi connectivity index (χ1) is 17.1. The predicted octanol–water partition coefficient (Wildman–Crippen LogP) is 4.62. The van der Waals surface area contributed by atoms with Gasteiger partial charge in [-0.15, -0.1) is 0 Å². The third kappa shape index (κ3) is 5.41. The van der Waals surface area contributed by atoms with Gasteiger partial charge in [-0.1, -0.05) is 46.6 Å². The van der Waals surface area contributed by atoms with Crippen molar-refractivity contribution in [2.24, 2.45) is 0 Å². The Morgan fingerprint density at radius 2 is 1.86 bits per heavy atom. The van der Waals surface area contributed by atoms with Gasteiger partial charge in [0.15, 0.2) is 0 Å². The van der Waals surface area contributed by atoms with Gasteiger partial charge >= 0.3 is 0 Å². The molecule has 0 radical (unpaired) electrons. The highest BCUT2D eigenvalue weighted by Crippen LogP contribution is 2.34. The zero-order chi connectivity index (χ0) is 24.2. The highest BCUT2D eigenvalue weighted by Gasteiger charge is 2.30. The third-order valence-corrected chi connectivity index (χ3v) is 6.74. The van der Waals surface area contributed by atoms with E-state index in [1.54, 1.807) is 0 Å². The van der Waals surface area contributed by atoms with Crippen molar-refractivity contribution in [1.82, 2.24) is 10.1 Å². The molecule has 0 aliphatic carbocycles. The second kappa shape index (κ2) is 10.6. The molecule has 1 atom stereocenters. The molecule has 1 amide bonds. The normalized spacial score (nSPS) is 18.1. The number of aromatic nitrogens is 1. The van der Waals surface area contributed by atoms with Crippen LogP contribution in [0.15, 0.2) is 53.1 Å². The van der Waals surface area contributed by atoms with Crippen LogP contribution < -0.4 is 4.90 Å². The van der Waals surface area contributed by atoms with Gasteiger partial charge in [-0.05, 0) is 44.9 Å². The first kappa shape index (κ1) is 23.6. The number of hydrogen-bond acceptors (Lipinski definition) is 6. The number of hydrogen-bond donors (Lipinski definition) is 0. The quantitative estimate of drug-likeness (QED) is 0.497. The van der Waals surface area contributed by atoms with Crippen LogP contribution in [0.1, 0.15) is 39.9 Å². The SMILES string of the molecule is Cc1ccc(C(=O)N(Cc2c(-c3cccc(C)c3)noc2N2CCOCC2)C[C@@H]2CCCO2)cc1. The van der Waals surface area contributed by atoms with E-state index in [4.69, 9.17) is 14.0 Å². The molecule has 0 saturated carbocycles. The van der Waals surface area contributed by atoms with Crippen LogP contribution >= 0.6 is 0 Å². The number of carbonyl (C=O) groups is 1. The lowest BCUT2D eigenvalue weighted by molar-refractivity contribution is 0.0507. The van der Waals surface area contributed by atoms with Crippen molar-refractivity contribution in [2.75, 3.05) is 44.4 Å². The monoisotopic (exact) mass is 475 g/mol. The fraction of sp³-hybridized carbons (Fsp3) is 0.429. The highest BCUT2D eigenvalue weighted by molar-refractivity contribution is 5.94. The third-order valence-electron chi connectivity index (χ3n) is 6.74. The molecule has 35 heavy (non-hydrogen) atoms. The summed E-state index contributed by atoms with van der Waals surface area (Å²) in [6.45, 7) is 8.51. The Bertz CT molecular complexity index is 1150. The maximum atomic E-state index is 13.7. The minimum atomic E-state index is -0.00943. The number of aryl methyl sites for hydroxylation is 2. The van der Waals surface area contributed by atoms with Crippen molar-refractivity contribution >= 4 is 11.8 Å². The molecular weight excluding hydrogens is 442 g/mol. The number of nitrogens with zero attached hydrogens (tertiary/aromatic N) is 3. The molecule has 7 nitrogen and oxygen atoms in total. The number of benzene rings is 2. The average molecular weight is 476 g/mol. The number of amides is 1. The van der Waals surface area contributed by atoms with Crippen molar-refractivity contribution in [2.45, 2.75) is 39.3 Å². The van der Waals surface area contributed by atoms with Crippen LogP contribution in [0.2, 0.25) is 0 Å². The van der Waals surface area contributed by atoms with Gasteiger partial charge in [-0.3, -0.25) is 4.79 Å². The minimum Gasteiger partial charge on any atom is -0.378 e. The molecule has 0 bridgehead atoms. The summed E-state index contributed by atoms with van der Waals surface area (Å²) in [5.41, 5.74) is 5.65. The fourth-order valence-corrected chi connectivity index (χ4v) is 4.80. The summed E-state index contributed by atoms with van der Waals surface area (Å²) in [5.74, 6) is 0.712. The van der Waals surface area contributed by atoms with Gasteiger partial charge in [0, 0.05) is 37.4 Å². The molecule has 5 rings (SSSR count). The molecule has 7 heteroatoms. The summed E-state index contributed by atoms with van der Waals surface area (Å²) in [5, 5.41) is 4.50. The molecule has 1 aromatic heterocycles. The predicted molar refractivity (Wildman–Crippen MR) is 135 cm³/mol. The van der Waals surface area contributed by atoms with E-state index in [9.17, 15) is 4.79 Å².